The van der Waals surface area contributed by atoms with Crippen LogP contribution in [0.5, 0.6) is 0 Å². The Morgan fingerprint density at radius 3 is 2.20 bits per heavy atom. The molecule has 0 heterocycles. The normalized spacial score (nSPS) is 11.1. The summed E-state index contributed by atoms with van der Waals surface area (Å²) in [5.41, 5.74) is 5.65. The second kappa shape index (κ2) is 6.49. The fourth-order valence-corrected chi connectivity index (χ4v) is 1.50. The molecule has 0 aliphatic rings. The zero-order chi connectivity index (χ0) is 15.3. The third kappa shape index (κ3) is 4.32. The number of carbonyl (C=O) groups is 2. The number of amides is 2. The smallest absolute Gasteiger partial charge is 0.421 e. The van der Waals surface area contributed by atoms with Crippen LogP contribution in [0.1, 0.15) is 26.3 Å². The fourth-order valence-electron chi connectivity index (χ4n) is 1.50. The van der Waals surface area contributed by atoms with E-state index in [0.717, 1.165) is 4.90 Å². The monoisotopic (exact) mass is 280 g/mol. The highest BCUT2D eigenvalue weighted by molar-refractivity contribution is 6.13. The van der Waals surface area contributed by atoms with Gasteiger partial charge in [0, 0.05) is 0 Å². The SMILES string of the molecule is CC(C)(C)OC(=O)N(C(=O)CN)c1ccc(CO)cc1. The lowest BCUT2D eigenvalue weighted by atomic mass is 10.2. The summed E-state index contributed by atoms with van der Waals surface area (Å²) < 4.78 is 5.20. The molecule has 0 unspecified atom stereocenters. The van der Waals surface area contributed by atoms with E-state index in [4.69, 9.17) is 15.6 Å². The molecule has 6 nitrogen and oxygen atoms in total. The van der Waals surface area contributed by atoms with Crippen LogP contribution in [0, 0.1) is 0 Å². The quantitative estimate of drug-likeness (QED) is 0.873. The Bertz CT molecular complexity index is 477. The number of benzene rings is 1. The molecule has 0 radical (unpaired) electrons. The van der Waals surface area contributed by atoms with E-state index in [2.05, 4.69) is 0 Å². The first-order chi connectivity index (χ1) is 9.28. The van der Waals surface area contributed by atoms with Gasteiger partial charge in [0.1, 0.15) is 5.60 Å². The summed E-state index contributed by atoms with van der Waals surface area (Å²) in [6.07, 6.45) is -0.773. The van der Waals surface area contributed by atoms with Crippen LogP contribution in [0.15, 0.2) is 24.3 Å². The molecule has 1 aromatic carbocycles. The number of carbonyl (C=O) groups excluding carboxylic acids is 2. The number of hydrogen-bond acceptors (Lipinski definition) is 5. The molecule has 0 aliphatic heterocycles. The molecule has 0 fully saturated rings. The van der Waals surface area contributed by atoms with Crippen molar-refractivity contribution in [3.8, 4) is 0 Å². The third-order valence-corrected chi connectivity index (χ3v) is 2.38. The number of aliphatic hydroxyl groups excluding tert-OH is 1. The largest absolute Gasteiger partial charge is 0.443 e. The van der Waals surface area contributed by atoms with Gasteiger partial charge in [0.2, 0.25) is 5.91 Å². The maximum absolute atomic E-state index is 12.1. The van der Waals surface area contributed by atoms with Crippen molar-refractivity contribution in [3.05, 3.63) is 29.8 Å². The minimum atomic E-state index is -0.773. The van der Waals surface area contributed by atoms with E-state index in [0.29, 0.717) is 11.3 Å². The molecule has 1 aromatic rings. The lowest BCUT2D eigenvalue weighted by Crippen LogP contribution is -2.43. The summed E-state index contributed by atoms with van der Waals surface area (Å²) in [7, 11) is 0. The molecule has 0 bridgehead atoms. The topological polar surface area (TPSA) is 92.9 Å². The first kappa shape index (κ1) is 16.1. The van der Waals surface area contributed by atoms with Gasteiger partial charge < -0.3 is 15.6 Å². The summed E-state index contributed by atoms with van der Waals surface area (Å²) in [5, 5.41) is 8.99. The number of rotatable bonds is 3. The van der Waals surface area contributed by atoms with Crippen LogP contribution in [0.3, 0.4) is 0 Å². The summed E-state index contributed by atoms with van der Waals surface area (Å²) in [6, 6.07) is 6.36. The maximum atomic E-state index is 12.1. The zero-order valence-electron chi connectivity index (χ0n) is 11.9. The molecule has 0 spiro atoms. The van der Waals surface area contributed by atoms with Gasteiger partial charge in [-0.1, -0.05) is 12.1 Å². The number of anilines is 1. The average molecular weight is 280 g/mol. The van der Waals surface area contributed by atoms with Crippen molar-refractivity contribution in [2.45, 2.75) is 33.0 Å². The van der Waals surface area contributed by atoms with Gasteiger partial charge in [-0.25, -0.2) is 9.69 Å². The Kier molecular flexibility index (Phi) is 5.24. The van der Waals surface area contributed by atoms with Crippen LogP contribution in [0.4, 0.5) is 10.5 Å². The fraction of sp³-hybridized carbons (Fsp3) is 0.429. The number of aliphatic hydroxyl groups is 1. The molecule has 2 amide bonds. The van der Waals surface area contributed by atoms with E-state index in [-0.39, 0.29) is 13.2 Å². The molecule has 0 aliphatic carbocycles. The summed E-state index contributed by atoms with van der Waals surface area (Å²) >= 11 is 0. The molecule has 6 heteroatoms. The first-order valence-corrected chi connectivity index (χ1v) is 6.24. The Morgan fingerprint density at radius 1 is 1.25 bits per heavy atom. The average Bonchev–Trinajstić information content (AvgIpc) is 2.37. The predicted molar refractivity (Wildman–Crippen MR) is 75.1 cm³/mol. The van der Waals surface area contributed by atoms with E-state index in [1.54, 1.807) is 45.0 Å². The van der Waals surface area contributed by atoms with Crippen molar-refractivity contribution < 1.29 is 19.4 Å². The summed E-state index contributed by atoms with van der Waals surface area (Å²) in [5.74, 6) is -0.559. The van der Waals surface area contributed by atoms with Crippen LogP contribution < -0.4 is 10.6 Å². The van der Waals surface area contributed by atoms with Crippen LogP contribution in [-0.2, 0) is 16.1 Å². The lowest BCUT2D eigenvalue weighted by Gasteiger charge is -2.26. The molecule has 3 N–H and O–H groups in total. The van der Waals surface area contributed by atoms with Gasteiger partial charge in [0.25, 0.3) is 0 Å². The Balaban J connectivity index is 3.05. The second-order valence-corrected chi connectivity index (χ2v) is 5.24. The molecular formula is C14H20N2O4. The highest BCUT2D eigenvalue weighted by Gasteiger charge is 2.27. The van der Waals surface area contributed by atoms with Gasteiger partial charge >= 0.3 is 6.09 Å². The van der Waals surface area contributed by atoms with Crippen molar-refractivity contribution in [2.75, 3.05) is 11.4 Å². The third-order valence-electron chi connectivity index (χ3n) is 2.38. The van der Waals surface area contributed by atoms with Gasteiger partial charge in [-0.3, -0.25) is 4.79 Å². The molecule has 0 atom stereocenters. The van der Waals surface area contributed by atoms with E-state index in [9.17, 15) is 9.59 Å². The molecule has 0 saturated heterocycles. The van der Waals surface area contributed by atoms with Crippen molar-refractivity contribution >= 4 is 17.7 Å². The van der Waals surface area contributed by atoms with Gasteiger partial charge in [0.05, 0.1) is 18.8 Å². The van der Waals surface area contributed by atoms with Gasteiger partial charge in [0.15, 0.2) is 0 Å². The van der Waals surface area contributed by atoms with Crippen LogP contribution in [-0.4, -0.2) is 29.3 Å². The number of hydrogen-bond donors (Lipinski definition) is 2. The minimum Gasteiger partial charge on any atom is -0.443 e. The van der Waals surface area contributed by atoms with Crippen molar-refractivity contribution in [1.82, 2.24) is 0 Å². The highest BCUT2D eigenvalue weighted by atomic mass is 16.6. The van der Waals surface area contributed by atoms with Crippen molar-refractivity contribution in [1.29, 1.82) is 0 Å². The summed E-state index contributed by atoms with van der Waals surface area (Å²) in [4.78, 5) is 24.8. The van der Waals surface area contributed by atoms with Crippen LogP contribution in [0.2, 0.25) is 0 Å². The molecule has 1 rings (SSSR count). The van der Waals surface area contributed by atoms with Gasteiger partial charge in [-0.05, 0) is 38.5 Å². The first-order valence-electron chi connectivity index (χ1n) is 6.24. The number of nitrogens with two attached hydrogens (primary N) is 1. The highest BCUT2D eigenvalue weighted by Crippen LogP contribution is 2.19. The number of nitrogens with zero attached hydrogens (tertiary/aromatic N) is 1. The minimum absolute atomic E-state index is 0.114. The molecular weight excluding hydrogens is 260 g/mol. The standard InChI is InChI=1S/C14H20N2O4/c1-14(2,3)20-13(19)16(12(18)8-15)11-6-4-10(9-17)5-7-11/h4-7,17H,8-9,15H2,1-3H3. The Hall–Kier alpha value is -1.92. The van der Waals surface area contributed by atoms with E-state index in [1.807, 2.05) is 0 Å². The van der Waals surface area contributed by atoms with Gasteiger partial charge in [-0.2, -0.15) is 0 Å². The predicted octanol–water partition coefficient (Wildman–Crippen LogP) is 1.41. The Labute approximate surface area is 118 Å². The zero-order valence-corrected chi connectivity index (χ0v) is 11.9. The maximum Gasteiger partial charge on any atom is 0.421 e. The molecule has 0 aromatic heterocycles. The van der Waals surface area contributed by atoms with E-state index < -0.39 is 17.6 Å². The summed E-state index contributed by atoms with van der Waals surface area (Å²) in [6.45, 7) is 4.72. The van der Waals surface area contributed by atoms with Crippen LogP contribution >= 0.6 is 0 Å². The van der Waals surface area contributed by atoms with Crippen molar-refractivity contribution in [2.24, 2.45) is 5.73 Å². The lowest BCUT2D eigenvalue weighted by molar-refractivity contribution is -0.117. The van der Waals surface area contributed by atoms with E-state index in [1.165, 1.54) is 0 Å². The van der Waals surface area contributed by atoms with E-state index >= 15 is 0 Å². The molecule has 20 heavy (non-hydrogen) atoms. The van der Waals surface area contributed by atoms with Gasteiger partial charge in [-0.15, -0.1) is 0 Å². The van der Waals surface area contributed by atoms with Crippen molar-refractivity contribution in [3.63, 3.8) is 0 Å². The molecule has 0 saturated carbocycles. The van der Waals surface area contributed by atoms with Crippen LogP contribution in [0.25, 0.3) is 0 Å². The molecule has 110 valence electrons. The number of ether oxygens (including phenoxy) is 1. The number of imide groups is 1. The second-order valence-electron chi connectivity index (χ2n) is 5.24. The Morgan fingerprint density at radius 2 is 1.80 bits per heavy atom.